The number of ketones is 1. The number of nitro groups is 1. The molecule has 0 heterocycles. The zero-order valence-electron chi connectivity index (χ0n) is 14.0. The number of carbonyl (C=O) groups excluding carboxylic acids is 2. The topological polar surface area (TPSA) is 95.7 Å². The van der Waals surface area contributed by atoms with Crippen LogP contribution >= 0.6 is 11.8 Å². The lowest BCUT2D eigenvalue weighted by Crippen LogP contribution is -2.15. The Balaban J connectivity index is 1.77. The van der Waals surface area contributed by atoms with Crippen molar-refractivity contribution in [3.05, 3.63) is 64.2 Å². The van der Waals surface area contributed by atoms with E-state index in [1.165, 1.54) is 23.9 Å². The van der Waals surface area contributed by atoms with E-state index >= 15 is 0 Å². The second kappa shape index (κ2) is 9.57. The Morgan fingerprint density at radius 1 is 1.08 bits per heavy atom. The van der Waals surface area contributed by atoms with E-state index in [-0.39, 0.29) is 23.8 Å². The van der Waals surface area contributed by atoms with E-state index in [0.29, 0.717) is 22.8 Å². The van der Waals surface area contributed by atoms with Crippen molar-refractivity contribution in [2.75, 3.05) is 19.0 Å². The van der Waals surface area contributed by atoms with Gasteiger partial charge in [-0.2, -0.15) is 0 Å². The van der Waals surface area contributed by atoms with Crippen LogP contribution < -0.4 is 4.74 Å². The van der Waals surface area contributed by atoms with Gasteiger partial charge in [-0.15, -0.1) is 11.8 Å². The zero-order valence-corrected chi connectivity index (χ0v) is 14.9. The van der Waals surface area contributed by atoms with Crippen molar-refractivity contribution in [3.8, 4) is 5.75 Å². The van der Waals surface area contributed by atoms with Gasteiger partial charge in [-0.3, -0.25) is 19.7 Å². The van der Waals surface area contributed by atoms with Gasteiger partial charge in [0.05, 0.1) is 17.3 Å². The third-order valence-electron chi connectivity index (χ3n) is 3.26. The Morgan fingerprint density at radius 3 is 2.31 bits per heavy atom. The monoisotopic (exact) mass is 375 g/mol. The van der Waals surface area contributed by atoms with Crippen LogP contribution in [0.4, 0.5) is 5.69 Å². The van der Waals surface area contributed by atoms with Crippen molar-refractivity contribution in [2.45, 2.75) is 11.8 Å². The van der Waals surface area contributed by atoms with Crippen molar-refractivity contribution >= 4 is 29.2 Å². The number of non-ortho nitro benzene ring substituents is 1. The summed E-state index contributed by atoms with van der Waals surface area (Å²) in [6, 6.07) is 12.4. The minimum absolute atomic E-state index is 0.00830. The molecule has 0 saturated carbocycles. The average molecular weight is 375 g/mol. The maximum Gasteiger partial charge on any atom is 0.316 e. The van der Waals surface area contributed by atoms with E-state index in [9.17, 15) is 19.7 Å². The van der Waals surface area contributed by atoms with Gasteiger partial charge in [-0.05, 0) is 43.3 Å². The van der Waals surface area contributed by atoms with Crippen molar-refractivity contribution in [1.29, 1.82) is 0 Å². The number of hydrogen-bond acceptors (Lipinski definition) is 7. The number of esters is 1. The standard InChI is InChI=1S/C18H17NO6S/c1-2-24-15-7-3-13(4-8-15)17(20)11-25-18(21)12-26-16-9-5-14(6-10-16)19(22)23/h3-10H,2,11-12H2,1H3. The Hall–Kier alpha value is -2.87. The Bertz CT molecular complexity index is 773. The molecule has 136 valence electrons. The highest BCUT2D eigenvalue weighted by molar-refractivity contribution is 8.00. The SMILES string of the molecule is CCOc1ccc(C(=O)COC(=O)CSc2ccc([N+](=O)[O-])cc2)cc1. The number of rotatable bonds is 9. The molecule has 0 N–H and O–H groups in total. The van der Waals surface area contributed by atoms with Crippen LogP contribution in [0, 0.1) is 10.1 Å². The summed E-state index contributed by atoms with van der Waals surface area (Å²) < 4.78 is 10.3. The van der Waals surface area contributed by atoms with Crippen molar-refractivity contribution in [3.63, 3.8) is 0 Å². The Morgan fingerprint density at radius 2 is 1.73 bits per heavy atom. The van der Waals surface area contributed by atoms with Crippen molar-refractivity contribution in [1.82, 2.24) is 0 Å². The van der Waals surface area contributed by atoms with Gasteiger partial charge in [0.15, 0.2) is 12.4 Å². The summed E-state index contributed by atoms with van der Waals surface area (Å²) >= 11 is 1.18. The number of thioether (sulfide) groups is 1. The van der Waals surface area contributed by atoms with Crippen molar-refractivity contribution in [2.24, 2.45) is 0 Å². The van der Waals surface area contributed by atoms with E-state index in [1.807, 2.05) is 6.92 Å². The first-order chi connectivity index (χ1) is 12.5. The summed E-state index contributed by atoms with van der Waals surface area (Å²) in [6.45, 7) is 2.07. The van der Waals surface area contributed by atoms with Gasteiger partial charge in [0.2, 0.25) is 0 Å². The van der Waals surface area contributed by atoms with Crippen LogP contribution in [-0.4, -0.2) is 35.6 Å². The minimum Gasteiger partial charge on any atom is -0.494 e. The quantitative estimate of drug-likeness (QED) is 0.217. The largest absolute Gasteiger partial charge is 0.494 e. The first-order valence-electron chi connectivity index (χ1n) is 7.78. The predicted octanol–water partition coefficient (Wildman–Crippen LogP) is 3.51. The molecule has 26 heavy (non-hydrogen) atoms. The molecular formula is C18H17NO6S. The normalized spacial score (nSPS) is 10.2. The second-order valence-corrected chi connectivity index (χ2v) is 6.13. The van der Waals surface area contributed by atoms with E-state index < -0.39 is 10.9 Å². The second-order valence-electron chi connectivity index (χ2n) is 5.08. The molecule has 0 aliphatic carbocycles. The molecule has 0 unspecified atom stereocenters. The highest BCUT2D eigenvalue weighted by Gasteiger charge is 2.11. The fourth-order valence-electron chi connectivity index (χ4n) is 1.98. The Labute approximate surface area is 154 Å². The third-order valence-corrected chi connectivity index (χ3v) is 4.24. The summed E-state index contributed by atoms with van der Waals surface area (Å²) in [5.74, 6) is -0.163. The number of ether oxygens (including phenoxy) is 2. The summed E-state index contributed by atoms with van der Waals surface area (Å²) in [7, 11) is 0. The maximum atomic E-state index is 12.0. The molecule has 2 aromatic rings. The number of nitrogens with zero attached hydrogens (tertiary/aromatic N) is 1. The summed E-state index contributed by atoms with van der Waals surface area (Å²) in [5, 5.41) is 10.6. The maximum absolute atomic E-state index is 12.0. The fourth-order valence-corrected chi connectivity index (χ4v) is 2.68. The van der Waals surface area contributed by atoms with Crippen LogP contribution in [0.15, 0.2) is 53.4 Å². The van der Waals surface area contributed by atoms with Gasteiger partial charge in [0, 0.05) is 22.6 Å². The lowest BCUT2D eigenvalue weighted by molar-refractivity contribution is -0.384. The molecule has 0 saturated heterocycles. The smallest absolute Gasteiger partial charge is 0.316 e. The molecule has 2 aromatic carbocycles. The number of benzene rings is 2. The molecular weight excluding hydrogens is 358 g/mol. The molecule has 0 amide bonds. The van der Waals surface area contributed by atoms with Crippen LogP contribution in [0.5, 0.6) is 5.75 Å². The summed E-state index contributed by atoms with van der Waals surface area (Å²) in [4.78, 5) is 34.5. The lowest BCUT2D eigenvalue weighted by Gasteiger charge is -2.06. The number of nitro benzene ring substituents is 1. The van der Waals surface area contributed by atoms with E-state index in [0.717, 1.165) is 0 Å². The van der Waals surface area contributed by atoms with Crippen LogP contribution in [0.25, 0.3) is 0 Å². The molecule has 0 atom stereocenters. The number of Topliss-reactive ketones (excluding diaryl/α,β-unsaturated/α-hetero) is 1. The highest BCUT2D eigenvalue weighted by Crippen LogP contribution is 2.21. The molecule has 0 radical (unpaired) electrons. The van der Waals surface area contributed by atoms with Crippen LogP contribution in [-0.2, 0) is 9.53 Å². The Kier molecular flexibility index (Phi) is 7.16. The first kappa shape index (κ1) is 19.5. The van der Waals surface area contributed by atoms with Gasteiger partial charge >= 0.3 is 5.97 Å². The average Bonchev–Trinajstić information content (AvgIpc) is 2.65. The molecule has 0 spiro atoms. The van der Waals surface area contributed by atoms with Crippen LogP contribution in [0.3, 0.4) is 0 Å². The molecule has 8 heteroatoms. The van der Waals surface area contributed by atoms with Crippen molar-refractivity contribution < 1.29 is 24.0 Å². The molecule has 2 rings (SSSR count). The van der Waals surface area contributed by atoms with Crippen LogP contribution in [0.1, 0.15) is 17.3 Å². The molecule has 7 nitrogen and oxygen atoms in total. The fraction of sp³-hybridized carbons (Fsp3) is 0.222. The highest BCUT2D eigenvalue weighted by atomic mass is 32.2. The minimum atomic E-state index is -0.535. The molecule has 0 fully saturated rings. The number of carbonyl (C=O) groups is 2. The van der Waals surface area contributed by atoms with Gasteiger partial charge < -0.3 is 9.47 Å². The van der Waals surface area contributed by atoms with Crippen LogP contribution in [0.2, 0.25) is 0 Å². The van der Waals surface area contributed by atoms with Gasteiger partial charge in [0.25, 0.3) is 5.69 Å². The summed E-state index contributed by atoms with van der Waals surface area (Å²) in [6.07, 6.45) is 0. The zero-order chi connectivity index (χ0) is 18.9. The number of hydrogen-bond donors (Lipinski definition) is 0. The van der Waals surface area contributed by atoms with E-state index in [2.05, 4.69) is 0 Å². The first-order valence-corrected chi connectivity index (χ1v) is 8.77. The van der Waals surface area contributed by atoms with E-state index in [4.69, 9.17) is 9.47 Å². The molecule has 0 bridgehead atoms. The lowest BCUT2D eigenvalue weighted by atomic mass is 10.1. The molecule has 0 aliphatic heterocycles. The molecule has 0 aromatic heterocycles. The molecule has 0 aliphatic rings. The van der Waals surface area contributed by atoms with Gasteiger partial charge in [-0.1, -0.05) is 0 Å². The summed E-state index contributed by atoms with van der Waals surface area (Å²) in [5.41, 5.74) is 0.419. The third kappa shape index (κ3) is 5.89. The van der Waals surface area contributed by atoms with Gasteiger partial charge in [0.1, 0.15) is 5.75 Å². The predicted molar refractivity (Wildman–Crippen MR) is 96.7 cm³/mol. The van der Waals surface area contributed by atoms with E-state index in [1.54, 1.807) is 36.4 Å². The van der Waals surface area contributed by atoms with Gasteiger partial charge in [-0.25, -0.2) is 0 Å².